The van der Waals surface area contributed by atoms with E-state index >= 15 is 0 Å². The lowest BCUT2D eigenvalue weighted by Crippen LogP contribution is -2.16. The van der Waals surface area contributed by atoms with Crippen LogP contribution >= 0.6 is 0 Å². The van der Waals surface area contributed by atoms with Crippen LogP contribution in [0.15, 0.2) is 17.3 Å². The number of rotatable bonds is 3. The molecule has 2 N–H and O–H groups in total. The van der Waals surface area contributed by atoms with E-state index in [0.29, 0.717) is 6.61 Å². The van der Waals surface area contributed by atoms with Crippen LogP contribution in [-0.4, -0.2) is 25.0 Å². The van der Waals surface area contributed by atoms with Gasteiger partial charge in [0.1, 0.15) is 6.61 Å². The maximum absolute atomic E-state index is 10.7. The molecule has 12 heavy (non-hydrogen) atoms. The fourth-order valence-corrected chi connectivity index (χ4v) is 1.09. The van der Waals surface area contributed by atoms with Gasteiger partial charge >= 0.3 is 0 Å². The molecule has 1 aromatic rings. The standard InChI is InChI=1S/C5H9N3O3S/c1-2-11-8-4-3-5(7-8)12(6,9)10/h3-4H,2H2,1H3,(H2,6,9,10). The summed E-state index contributed by atoms with van der Waals surface area (Å²) in [6.07, 6.45) is 1.38. The molecule has 7 heteroatoms. The third-order valence-corrected chi connectivity index (χ3v) is 1.90. The van der Waals surface area contributed by atoms with Gasteiger partial charge in [-0.2, -0.15) is 0 Å². The highest BCUT2D eigenvalue weighted by molar-refractivity contribution is 7.89. The smallest absolute Gasteiger partial charge is 0.257 e. The third-order valence-electron chi connectivity index (χ3n) is 1.09. The molecule has 6 nitrogen and oxygen atoms in total. The van der Waals surface area contributed by atoms with E-state index in [1.165, 1.54) is 12.3 Å². The minimum Gasteiger partial charge on any atom is -0.397 e. The lowest BCUT2D eigenvalue weighted by molar-refractivity contribution is 0.0900. The van der Waals surface area contributed by atoms with Crippen molar-refractivity contribution < 1.29 is 13.3 Å². The van der Waals surface area contributed by atoms with Gasteiger partial charge in [-0.05, 0) is 6.92 Å². The van der Waals surface area contributed by atoms with Crippen LogP contribution in [0.5, 0.6) is 0 Å². The van der Waals surface area contributed by atoms with Crippen molar-refractivity contribution in [2.75, 3.05) is 6.61 Å². The van der Waals surface area contributed by atoms with Gasteiger partial charge in [-0.15, -0.1) is 9.94 Å². The van der Waals surface area contributed by atoms with Crippen molar-refractivity contribution in [1.29, 1.82) is 0 Å². The maximum Gasteiger partial charge on any atom is 0.257 e. The number of nitrogens with zero attached hydrogens (tertiary/aromatic N) is 2. The largest absolute Gasteiger partial charge is 0.397 e. The van der Waals surface area contributed by atoms with Crippen LogP contribution in [-0.2, 0) is 10.0 Å². The van der Waals surface area contributed by atoms with Gasteiger partial charge in [0.2, 0.25) is 0 Å². The molecular weight excluding hydrogens is 182 g/mol. The fraction of sp³-hybridized carbons (Fsp3) is 0.400. The van der Waals surface area contributed by atoms with Gasteiger partial charge in [0.25, 0.3) is 10.0 Å². The van der Waals surface area contributed by atoms with Crippen molar-refractivity contribution in [3.05, 3.63) is 12.3 Å². The van der Waals surface area contributed by atoms with E-state index in [1.54, 1.807) is 6.92 Å². The monoisotopic (exact) mass is 191 g/mol. The number of primary sulfonamides is 1. The molecule has 0 spiro atoms. The molecule has 0 fully saturated rings. The number of hydrogen-bond acceptors (Lipinski definition) is 4. The predicted octanol–water partition coefficient (Wildman–Crippen LogP) is -1.02. The molecule has 0 aliphatic rings. The Labute approximate surface area is 69.9 Å². The first kappa shape index (κ1) is 9.01. The molecule has 0 aliphatic carbocycles. The minimum absolute atomic E-state index is 0.198. The number of nitrogens with two attached hydrogens (primary N) is 1. The van der Waals surface area contributed by atoms with Crippen molar-refractivity contribution >= 4 is 10.0 Å². The summed E-state index contributed by atoms with van der Waals surface area (Å²) >= 11 is 0. The predicted molar refractivity (Wildman–Crippen MR) is 40.7 cm³/mol. The molecule has 0 unspecified atom stereocenters. The Morgan fingerprint density at radius 2 is 2.42 bits per heavy atom. The Kier molecular flexibility index (Phi) is 2.34. The zero-order valence-corrected chi connectivity index (χ0v) is 7.28. The summed E-state index contributed by atoms with van der Waals surface area (Å²) in [5.41, 5.74) is 0. The quantitative estimate of drug-likeness (QED) is 0.662. The van der Waals surface area contributed by atoms with E-state index in [0.717, 1.165) is 4.85 Å². The highest BCUT2D eigenvalue weighted by atomic mass is 32.2. The van der Waals surface area contributed by atoms with Crippen LogP contribution in [0.3, 0.4) is 0 Å². The van der Waals surface area contributed by atoms with E-state index in [2.05, 4.69) is 5.10 Å². The number of aromatic nitrogens is 2. The Morgan fingerprint density at radius 1 is 1.75 bits per heavy atom. The Morgan fingerprint density at radius 3 is 2.83 bits per heavy atom. The molecule has 0 amide bonds. The van der Waals surface area contributed by atoms with E-state index in [-0.39, 0.29) is 5.03 Å². The molecule has 0 atom stereocenters. The zero-order chi connectivity index (χ0) is 9.19. The van der Waals surface area contributed by atoms with Gasteiger partial charge in [-0.1, -0.05) is 0 Å². The van der Waals surface area contributed by atoms with Gasteiger partial charge in [0, 0.05) is 6.07 Å². The first-order valence-corrected chi connectivity index (χ1v) is 4.80. The lowest BCUT2D eigenvalue weighted by Gasteiger charge is -1.98. The van der Waals surface area contributed by atoms with E-state index in [1.807, 2.05) is 0 Å². The average Bonchev–Trinajstić information content (AvgIpc) is 2.35. The summed E-state index contributed by atoms with van der Waals surface area (Å²) in [4.78, 5) is 5.92. The summed E-state index contributed by atoms with van der Waals surface area (Å²) in [6.45, 7) is 2.17. The number of sulfonamides is 1. The van der Waals surface area contributed by atoms with Crippen molar-refractivity contribution in [2.24, 2.45) is 5.14 Å². The van der Waals surface area contributed by atoms with Crippen molar-refractivity contribution in [2.45, 2.75) is 11.9 Å². The molecule has 68 valence electrons. The van der Waals surface area contributed by atoms with Crippen LogP contribution in [0.25, 0.3) is 0 Å². The van der Waals surface area contributed by atoms with Gasteiger partial charge < -0.3 is 4.84 Å². The van der Waals surface area contributed by atoms with Crippen LogP contribution in [0, 0.1) is 0 Å². The second kappa shape index (κ2) is 3.11. The molecular formula is C5H9N3O3S. The number of hydrogen-bond donors (Lipinski definition) is 1. The summed E-state index contributed by atoms with van der Waals surface area (Å²) in [6, 6.07) is 1.27. The van der Waals surface area contributed by atoms with Crippen LogP contribution in [0.2, 0.25) is 0 Å². The summed E-state index contributed by atoms with van der Waals surface area (Å²) in [5, 5.41) is 8.16. The lowest BCUT2D eigenvalue weighted by atomic mass is 10.8. The van der Waals surface area contributed by atoms with E-state index in [9.17, 15) is 8.42 Å². The average molecular weight is 191 g/mol. The maximum atomic E-state index is 10.7. The molecule has 1 aromatic heterocycles. The van der Waals surface area contributed by atoms with Crippen molar-refractivity contribution in [3.8, 4) is 0 Å². The van der Waals surface area contributed by atoms with Gasteiger partial charge in [0.15, 0.2) is 5.03 Å². The van der Waals surface area contributed by atoms with E-state index in [4.69, 9.17) is 9.98 Å². The van der Waals surface area contributed by atoms with Crippen LogP contribution in [0.1, 0.15) is 6.92 Å². The van der Waals surface area contributed by atoms with Gasteiger partial charge in [-0.25, -0.2) is 13.6 Å². The highest BCUT2D eigenvalue weighted by Crippen LogP contribution is 1.99. The third kappa shape index (κ3) is 1.95. The molecule has 0 saturated carbocycles. The zero-order valence-electron chi connectivity index (χ0n) is 6.47. The molecule has 0 saturated heterocycles. The first-order valence-electron chi connectivity index (χ1n) is 3.26. The summed E-state index contributed by atoms with van der Waals surface area (Å²) < 4.78 is 21.4. The van der Waals surface area contributed by atoms with Gasteiger partial charge in [0.05, 0.1) is 6.20 Å². The molecule has 1 rings (SSSR count). The highest BCUT2D eigenvalue weighted by Gasteiger charge is 2.11. The van der Waals surface area contributed by atoms with Crippen molar-refractivity contribution in [1.82, 2.24) is 9.94 Å². The molecule has 0 radical (unpaired) electrons. The normalized spacial score (nSPS) is 11.5. The summed E-state index contributed by atoms with van der Waals surface area (Å²) in [7, 11) is -3.71. The second-order valence-electron chi connectivity index (χ2n) is 2.02. The Balaban J connectivity index is 2.92. The molecule has 0 bridgehead atoms. The minimum atomic E-state index is -3.71. The molecule has 0 aromatic carbocycles. The van der Waals surface area contributed by atoms with Crippen LogP contribution < -0.4 is 9.98 Å². The SMILES string of the molecule is CCOn1ccc(S(N)(=O)=O)n1. The Hall–Kier alpha value is -1.08. The van der Waals surface area contributed by atoms with Crippen molar-refractivity contribution in [3.63, 3.8) is 0 Å². The van der Waals surface area contributed by atoms with E-state index < -0.39 is 10.0 Å². The Bertz CT molecular complexity index is 356. The fourth-order valence-electron chi connectivity index (χ4n) is 0.647. The topological polar surface area (TPSA) is 87.2 Å². The van der Waals surface area contributed by atoms with Gasteiger partial charge in [-0.3, -0.25) is 0 Å². The summed E-state index contributed by atoms with van der Waals surface area (Å²) in [5.74, 6) is 0. The first-order chi connectivity index (χ1) is 5.54. The van der Waals surface area contributed by atoms with Crippen LogP contribution in [0.4, 0.5) is 0 Å². The second-order valence-corrected chi connectivity index (χ2v) is 3.53. The molecule has 0 aliphatic heterocycles. The molecule has 1 heterocycles.